The molecule has 2 aromatic rings. The standard InChI is InChI=1S/C18H19ClN2O4S/c19-15-4-6-16(7-5-15)26(24,25)17-3-1-2-14(12-17)13-20-8-10-21(11-9-20)18(22)23/h1-7,12H,8-11,13H2,(H,22,23). The number of benzene rings is 2. The topological polar surface area (TPSA) is 77.9 Å². The molecule has 6 nitrogen and oxygen atoms in total. The summed E-state index contributed by atoms with van der Waals surface area (Å²) in [5, 5.41) is 9.48. The number of carbonyl (C=O) groups is 1. The molecule has 1 N–H and O–H groups in total. The van der Waals surface area contributed by atoms with Gasteiger partial charge >= 0.3 is 6.09 Å². The zero-order valence-electron chi connectivity index (χ0n) is 14.0. The number of hydrogen-bond donors (Lipinski definition) is 1. The SMILES string of the molecule is O=C(O)N1CCN(Cc2cccc(S(=O)(=O)c3ccc(Cl)cc3)c2)CC1. The number of sulfone groups is 1. The summed E-state index contributed by atoms with van der Waals surface area (Å²) in [6, 6.07) is 13.0. The van der Waals surface area contributed by atoms with E-state index < -0.39 is 15.9 Å². The third-order valence-electron chi connectivity index (χ3n) is 4.38. The molecule has 1 saturated heterocycles. The van der Waals surface area contributed by atoms with Crippen LogP contribution < -0.4 is 0 Å². The van der Waals surface area contributed by atoms with Gasteiger partial charge in [-0.3, -0.25) is 4.90 Å². The minimum absolute atomic E-state index is 0.203. The van der Waals surface area contributed by atoms with Gasteiger partial charge in [-0.1, -0.05) is 23.7 Å². The number of piperazine rings is 1. The van der Waals surface area contributed by atoms with Crippen molar-refractivity contribution in [2.24, 2.45) is 0 Å². The summed E-state index contributed by atoms with van der Waals surface area (Å²) in [5.41, 5.74) is 0.879. The lowest BCUT2D eigenvalue weighted by Gasteiger charge is -2.33. The number of hydrogen-bond acceptors (Lipinski definition) is 4. The Bertz CT molecular complexity index is 892. The number of rotatable bonds is 4. The van der Waals surface area contributed by atoms with Gasteiger partial charge in [-0.2, -0.15) is 0 Å². The van der Waals surface area contributed by atoms with Gasteiger partial charge in [-0.15, -0.1) is 0 Å². The highest BCUT2D eigenvalue weighted by molar-refractivity contribution is 7.91. The molecule has 0 spiro atoms. The molecule has 2 aromatic carbocycles. The second-order valence-corrected chi connectivity index (χ2v) is 8.54. The zero-order chi connectivity index (χ0) is 18.7. The molecule has 1 amide bonds. The van der Waals surface area contributed by atoms with Gasteiger partial charge in [0.05, 0.1) is 9.79 Å². The molecule has 0 unspecified atom stereocenters. The summed E-state index contributed by atoms with van der Waals surface area (Å²) in [4.78, 5) is 14.9. The number of amides is 1. The number of carboxylic acid groups (broad SMARTS) is 1. The van der Waals surface area contributed by atoms with E-state index in [-0.39, 0.29) is 9.79 Å². The van der Waals surface area contributed by atoms with Gasteiger partial charge in [-0.25, -0.2) is 13.2 Å². The first kappa shape index (κ1) is 18.7. The first-order valence-corrected chi connectivity index (χ1v) is 10.0. The third kappa shape index (κ3) is 4.17. The van der Waals surface area contributed by atoms with Crippen LogP contribution in [0, 0.1) is 0 Å². The van der Waals surface area contributed by atoms with Crippen LogP contribution in [0.2, 0.25) is 5.02 Å². The van der Waals surface area contributed by atoms with Crippen LogP contribution in [0.5, 0.6) is 0 Å². The van der Waals surface area contributed by atoms with Crippen LogP contribution in [-0.4, -0.2) is 55.6 Å². The molecule has 8 heteroatoms. The monoisotopic (exact) mass is 394 g/mol. The Morgan fingerprint density at radius 2 is 1.65 bits per heavy atom. The third-order valence-corrected chi connectivity index (χ3v) is 6.40. The molecular weight excluding hydrogens is 376 g/mol. The van der Waals surface area contributed by atoms with Crippen LogP contribution in [0.3, 0.4) is 0 Å². The van der Waals surface area contributed by atoms with Crippen molar-refractivity contribution < 1.29 is 18.3 Å². The maximum absolute atomic E-state index is 12.8. The fourth-order valence-corrected chi connectivity index (χ4v) is 4.37. The lowest BCUT2D eigenvalue weighted by Crippen LogP contribution is -2.47. The predicted molar refractivity (Wildman–Crippen MR) is 98.2 cm³/mol. The maximum atomic E-state index is 12.8. The summed E-state index contributed by atoms with van der Waals surface area (Å²) < 4.78 is 25.6. The van der Waals surface area contributed by atoms with Crippen molar-refractivity contribution in [1.82, 2.24) is 9.80 Å². The Labute approximate surface area is 157 Å². The van der Waals surface area contributed by atoms with Crippen molar-refractivity contribution in [2.75, 3.05) is 26.2 Å². The first-order valence-electron chi connectivity index (χ1n) is 8.16. The molecule has 1 fully saturated rings. The van der Waals surface area contributed by atoms with Crippen LogP contribution in [0.4, 0.5) is 4.79 Å². The fraction of sp³-hybridized carbons (Fsp3) is 0.278. The fourth-order valence-electron chi connectivity index (χ4n) is 2.92. The Balaban J connectivity index is 1.74. The Morgan fingerprint density at radius 3 is 2.27 bits per heavy atom. The van der Waals surface area contributed by atoms with Crippen molar-refractivity contribution in [3.63, 3.8) is 0 Å². The highest BCUT2D eigenvalue weighted by Crippen LogP contribution is 2.23. The Morgan fingerprint density at radius 1 is 1.00 bits per heavy atom. The molecule has 1 heterocycles. The Kier molecular flexibility index (Phi) is 5.50. The van der Waals surface area contributed by atoms with Gasteiger partial charge in [0.2, 0.25) is 9.84 Å². The van der Waals surface area contributed by atoms with E-state index in [1.54, 1.807) is 30.3 Å². The molecule has 0 atom stereocenters. The van der Waals surface area contributed by atoms with Crippen LogP contribution in [0.1, 0.15) is 5.56 Å². The maximum Gasteiger partial charge on any atom is 0.407 e. The van der Waals surface area contributed by atoms with Gasteiger partial charge in [0.15, 0.2) is 0 Å². The zero-order valence-corrected chi connectivity index (χ0v) is 15.6. The first-order chi connectivity index (χ1) is 12.4. The Hall–Kier alpha value is -2.09. The summed E-state index contributed by atoms with van der Waals surface area (Å²) >= 11 is 5.83. The highest BCUT2D eigenvalue weighted by atomic mass is 35.5. The normalized spacial score (nSPS) is 15.8. The van der Waals surface area contributed by atoms with Crippen molar-refractivity contribution in [1.29, 1.82) is 0 Å². The summed E-state index contributed by atoms with van der Waals surface area (Å²) in [5.74, 6) is 0. The van der Waals surface area contributed by atoms with E-state index >= 15 is 0 Å². The molecule has 138 valence electrons. The number of halogens is 1. The van der Waals surface area contributed by atoms with Crippen molar-refractivity contribution in [3.05, 3.63) is 59.1 Å². The van der Waals surface area contributed by atoms with E-state index in [4.69, 9.17) is 16.7 Å². The van der Waals surface area contributed by atoms with Crippen LogP contribution in [0.15, 0.2) is 58.3 Å². The summed E-state index contributed by atoms with van der Waals surface area (Å²) in [7, 11) is -3.60. The van der Waals surface area contributed by atoms with E-state index in [1.807, 2.05) is 6.07 Å². The van der Waals surface area contributed by atoms with E-state index in [0.29, 0.717) is 37.7 Å². The largest absolute Gasteiger partial charge is 0.465 e. The summed E-state index contributed by atoms with van der Waals surface area (Å²) in [6.45, 7) is 2.74. The van der Waals surface area contributed by atoms with Gasteiger partial charge in [0.25, 0.3) is 0 Å². The van der Waals surface area contributed by atoms with Crippen LogP contribution in [-0.2, 0) is 16.4 Å². The molecule has 1 aliphatic heterocycles. The molecule has 0 bridgehead atoms. The molecule has 0 aliphatic carbocycles. The van der Waals surface area contributed by atoms with Gasteiger partial charge in [-0.05, 0) is 42.0 Å². The van der Waals surface area contributed by atoms with Crippen molar-refractivity contribution in [2.45, 2.75) is 16.3 Å². The molecule has 0 aromatic heterocycles. The smallest absolute Gasteiger partial charge is 0.407 e. The van der Waals surface area contributed by atoms with E-state index in [9.17, 15) is 13.2 Å². The van der Waals surface area contributed by atoms with Crippen molar-refractivity contribution in [3.8, 4) is 0 Å². The summed E-state index contributed by atoms with van der Waals surface area (Å²) in [6.07, 6.45) is -0.902. The molecule has 0 saturated carbocycles. The average molecular weight is 395 g/mol. The van der Waals surface area contributed by atoms with Crippen LogP contribution in [0.25, 0.3) is 0 Å². The second kappa shape index (κ2) is 7.65. The second-order valence-electron chi connectivity index (χ2n) is 6.15. The quantitative estimate of drug-likeness (QED) is 0.862. The molecule has 3 rings (SSSR count). The average Bonchev–Trinajstić information content (AvgIpc) is 2.63. The molecule has 26 heavy (non-hydrogen) atoms. The minimum atomic E-state index is -3.60. The minimum Gasteiger partial charge on any atom is -0.465 e. The van der Waals surface area contributed by atoms with Gasteiger partial charge in [0.1, 0.15) is 0 Å². The highest BCUT2D eigenvalue weighted by Gasteiger charge is 2.21. The van der Waals surface area contributed by atoms with Crippen LogP contribution >= 0.6 is 11.6 Å². The molecular formula is C18H19ClN2O4S. The molecule has 1 aliphatic rings. The van der Waals surface area contributed by atoms with Gasteiger partial charge in [0, 0.05) is 37.7 Å². The van der Waals surface area contributed by atoms with Crippen molar-refractivity contribution >= 4 is 27.5 Å². The lowest BCUT2D eigenvalue weighted by molar-refractivity contribution is 0.103. The van der Waals surface area contributed by atoms with E-state index in [0.717, 1.165) is 5.56 Å². The van der Waals surface area contributed by atoms with E-state index in [2.05, 4.69) is 4.90 Å². The van der Waals surface area contributed by atoms with Gasteiger partial charge < -0.3 is 10.0 Å². The van der Waals surface area contributed by atoms with E-state index in [1.165, 1.54) is 17.0 Å². The lowest BCUT2D eigenvalue weighted by atomic mass is 10.2. The number of nitrogens with zero attached hydrogens (tertiary/aromatic N) is 2. The predicted octanol–water partition coefficient (Wildman–Crippen LogP) is 2.97. The molecule has 0 radical (unpaired) electrons.